The van der Waals surface area contributed by atoms with Gasteiger partial charge >= 0.3 is 5.97 Å². The van der Waals surface area contributed by atoms with E-state index >= 15 is 0 Å². The number of nitrogens with two attached hydrogens (primary N) is 1. The first kappa shape index (κ1) is 14.3. The highest BCUT2D eigenvalue weighted by Crippen LogP contribution is 2.19. The molecule has 3 N–H and O–H groups in total. The van der Waals surface area contributed by atoms with Gasteiger partial charge in [0.05, 0.1) is 0 Å². The van der Waals surface area contributed by atoms with Gasteiger partial charge in [-0.2, -0.15) is 0 Å². The molecule has 5 heteroatoms. The third kappa shape index (κ3) is 3.15. The minimum Gasteiger partial charge on any atom is -0.460 e. The van der Waals surface area contributed by atoms with Gasteiger partial charge in [-0.15, -0.1) is 0 Å². The number of para-hydroxylation sites is 1. The van der Waals surface area contributed by atoms with Crippen LogP contribution >= 0.6 is 0 Å². The van der Waals surface area contributed by atoms with Gasteiger partial charge in [-0.3, -0.25) is 9.78 Å². The van der Waals surface area contributed by atoms with Gasteiger partial charge in [0.2, 0.25) is 0 Å². The number of fused-ring (bicyclic) bond motifs is 1. The lowest BCUT2D eigenvalue weighted by molar-refractivity contribution is -0.146. The molecule has 0 unspecified atom stereocenters. The lowest BCUT2D eigenvalue weighted by Gasteiger charge is -2.11. The summed E-state index contributed by atoms with van der Waals surface area (Å²) in [6.45, 7) is 0.189. The van der Waals surface area contributed by atoms with Crippen molar-refractivity contribution in [2.75, 3.05) is 0 Å². The van der Waals surface area contributed by atoms with Gasteiger partial charge in [0.15, 0.2) is 0 Å². The minimum atomic E-state index is -0.684. The number of H-pyrrole nitrogens is 1. The second-order valence-corrected chi connectivity index (χ2v) is 5.14. The predicted octanol–water partition coefficient (Wildman–Crippen LogP) is 2.18. The second-order valence-electron chi connectivity index (χ2n) is 5.14. The summed E-state index contributed by atoms with van der Waals surface area (Å²) in [5.74, 6) is -0.408. The number of rotatable bonds is 5. The Bertz CT molecular complexity index is 768. The smallest absolute Gasteiger partial charge is 0.323 e. The Kier molecular flexibility index (Phi) is 4.16. The summed E-state index contributed by atoms with van der Waals surface area (Å²) in [4.78, 5) is 19.2. The summed E-state index contributed by atoms with van der Waals surface area (Å²) in [7, 11) is 0. The fraction of sp³-hybridized carbons (Fsp3) is 0.176. The molecule has 1 atom stereocenters. The summed E-state index contributed by atoms with van der Waals surface area (Å²) in [6, 6.07) is 10.9. The molecule has 0 aliphatic rings. The Hall–Kier alpha value is -2.66. The van der Waals surface area contributed by atoms with Crippen molar-refractivity contribution < 1.29 is 9.53 Å². The van der Waals surface area contributed by atoms with Crippen molar-refractivity contribution in [3.8, 4) is 0 Å². The van der Waals surface area contributed by atoms with E-state index in [9.17, 15) is 4.79 Å². The molecule has 5 nitrogen and oxygen atoms in total. The molecule has 0 saturated carbocycles. The van der Waals surface area contributed by atoms with Crippen molar-refractivity contribution in [1.29, 1.82) is 0 Å². The summed E-state index contributed by atoms with van der Waals surface area (Å²) in [5, 5.41) is 1.08. The Morgan fingerprint density at radius 3 is 2.95 bits per heavy atom. The standard InChI is InChI=1S/C17H17N3O2/c18-15(17(21)22-11-12-4-3-7-19-9-12)8-13-10-20-16-6-2-1-5-14(13)16/h1-7,9-10,15,20H,8,11,18H2/t15-/m0/s1. The van der Waals surface area contributed by atoms with E-state index < -0.39 is 12.0 Å². The SMILES string of the molecule is N[C@@H](Cc1c[nH]c2ccccc12)C(=O)OCc1cccnc1. The number of hydrogen-bond acceptors (Lipinski definition) is 4. The summed E-state index contributed by atoms with van der Waals surface area (Å²) >= 11 is 0. The largest absolute Gasteiger partial charge is 0.460 e. The summed E-state index contributed by atoms with van der Waals surface area (Å²) in [5.41, 5.74) is 8.85. The van der Waals surface area contributed by atoms with Crippen LogP contribution in [0.1, 0.15) is 11.1 Å². The number of nitrogens with one attached hydrogen (secondary N) is 1. The van der Waals surface area contributed by atoms with E-state index in [1.807, 2.05) is 36.5 Å². The van der Waals surface area contributed by atoms with Crippen LogP contribution in [0.2, 0.25) is 0 Å². The number of ether oxygens (including phenoxy) is 1. The molecule has 3 rings (SSSR count). The first-order valence-electron chi connectivity index (χ1n) is 7.10. The Labute approximate surface area is 128 Å². The number of nitrogens with zero attached hydrogens (tertiary/aromatic N) is 1. The van der Waals surface area contributed by atoms with Crippen LogP contribution in [0.5, 0.6) is 0 Å². The molecule has 0 saturated heterocycles. The Morgan fingerprint density at radius 2 is 2.14 bits per heavy atom. The lowest BCUT2D eigenvalue weighted by Crippen LogP contribution is -2.34. The number of carbonyl (C=O) groups is 1. The van der Waals surface area contributed by atoms with Crippen molar-refractivity contribution >= 4 is 16.9 Å². The van der Waals surface area contributed by atoms with E-state index in [0.29, 0.717) is 6.42 Å². The molecule has 2 heterocycles. The average molecular weight is 295 g/mol. The van der Waals surface area contributed by atoms with Gasteiger partial charge in [-0.25, -0.2) is 0 Å². The van der Waals surface area contributed by atoms with E-state index in [-0.39, 0.29) is 6.61 Å². The van der Waals surface area contributed by atoms with Crippen LogP contribution in [-0.4, -0.2) is 22.0 Å². The number of aromatic nitrogens is 2. The first-order valence-corrected chi connectivity index (χ1v) is 7.10. The van der Waals surface area contributed by atoms with Gasteiger partial charge in [-0.1, -0.05) is 24.3 Å². The molecular weight excluding hydrogens is 278 g/mol. The number of aromatic amines is 1. The van der Waals surface area contributed by atoms with Crippen molar-refractivity contribution in [3.05, 3.63) is 66.1 Å². The number of esters is 1. The zero-order valence-electron chi connectivity index (χ0n) is 12.0. The zero-order valence-corrected chi connectivity index (χ0v) is 12.0. The molecule has 0 spiro atoms. The molecule has 1 aromatic carbocycles. The van der Waals surface area contributed by atoms with Crippen LogP contribution in [0.25, 0.3) is 10.9 Å². The van der Waals surface area contributed by atoms with Crippen molar-refractivity contribution in [1.82, 2.24) is 9.97 Å². The Balaban J connectivity index is 1.61. The topological polar surface area (TPSA) is 81.0 Å². The molecule has 0 aliphatic carbocycles. The molecule has 22 heavy (non-hydrogen) atoms. The fourth-order valence-corrected chi connectivity index (χ4v) is 2.37. The molecule has 0 radical (unpaired) electrons. The number of pyridine rings is 1. The summed E-state index contributed by atoms with van der Waals surface area (Å²) in [6.07, 6.45) is 5.67. The van der Waals surface area contributed by atoms with E-state index in [0.717, 1.165) is 22.0 Å². The highest BCUT2D eigenvalue weighted by atomic mass is 16.5. The molecule has 3 aromatic rings. The molecule has 0 amide bonds. The van der Waals surface area contributed by atoms with Crippen LogP contribution in [0, 0.1) is 0 Å². The van der Waals surface area contributed by atoms with Crippen LogP contribution in [-0.2, 0) is 22.6 Å². The monoisotopic (exact) mass is 295 g/mol. The molecule has 0 aliphatic heterocycles. The fourth-order valence-electron chi connectivity index (χ4n) is 2.37. The zero-order chi connectivity index (χ0) is 15.4. The highest BCUT2D eigenvalue weighted by molar-refractivity contribution is 5.84. The Morgan fingerprint density at radius 1 is 1.27 bits per heavy atom. The van der Waals surface area contributed by atoms with Gasteiger partial charge in [-0.05, 0) is 17.7 Å². The third-order valence-corrected chi connectivity index (χ3v) is 3.52. The predicted molar refractivity (Wildman–Crippen MR) is 84.0 cm³/mol. The molecule has 112 valence electrons. The van der Waals surface area contributed by atoms with Gasteiger partial charge in [0, 0.05) is 41.5 Å². The molecule has 0 fully saturated rings. The average Bonchev–Trinajstić information content (AvgIpc) is 2.97. The first-order chi connectivity index (χ1) is 10.7. The maximum atomic E-state index is 12.0. The van der Waals surface area contributed by atoms with Crippen molar-refractivity contribution in [2.24, 2.45) is 5.73 Å². The number of carbonyl (C=O) groups excluding carboxylic acids is 1. The van der Waals surface area contributed by atoms with E-state index in [4.69, 9.17) is 10.5 Å². The van der Waals surface area contributed by atoms with E-state index in [1.165, 1.54) is 0 Å². The quantitative estimate of drug-likeness (QED) is 0.707. The normalized spacial score (nSPS) is 12.2. The van der Waals surface area contributed by atoms with Gasteiger partial charge in [0.25, 0.3) is 0 Å². The van der Waals surface area contributed by atoms with Gasteiger partial charge < -0.3 is 15.5 Å². The summed E-state index contributed by atoms with van der Waals surface area (Å²) < 4.78 is 5.24. The maximum absolute atomic E-state index is 12.0. The lowest BCUT2D eigenvalue weighted by atomic mass is 10.1. The molecule has 2 aromatic heterocycles. The highest BCUT2D eigenvalue weighted by Gasteiger charge is 2.17. The van der Waals surface area contributed by atoms with E-state index in [2.05, 4.69) is 9.97 Å². The van der Waals surface area contributed by atoms with Gasteiger partial charge in [0.1, 0.15) is 12.6 Å². The molecular formula is C17H17N3O2. The number of benzene rings is 1. The number of hydrogen-bond donors (Lipinski definition) is 2. The van der Waals surface area contributed by atoms with Crippen LogP contribution in [0.3, 0.4) is 0 Å². The van der Waals surface area contributed by atoms with Crippen LogP contribution in [0.4, 0.5) is 0 Å². The van der Waals surface area contributed by atoms with Crippen molar-refractivity contribution in [3.63, 3.8) is 0 Å². The maximum Gasteiger partial charge on any atom is 0.323 e. The van der Waals surface area contributed by atoms with Crippen LogP contribution in [0.15, 0.2) is 55.0 Å². The third-order valence-electron chi connectivity index (χ3n) is 3.52. The minimum absolute atomic E-state index is 0.189. The second kappa shape index (κ2) is 6.41. The van der Waals surface area contributed by atoms with Crippen LogP contribution < -0.4 is 5.73 Å². The van der Waals surface area contributed by atoms with E-state index in [1.54, 1.807) is 18.5 Å². The van der Waals surface area contributed by atoms with Crippen molar-refractivity contribution in [2.45, 2.75) is 19.1 Å². The molecule has 0 bridgehead atoms.